The van der Waals surface area contributed by atoms with Gasteiger partial charge in [0.1, 0.15) is 5.01 Å². The van der Waals surface area contributed by atoms with Gasteiger partial charge in [-0.2, -0.15) is 0 Å². The molecule has 1 aromatic heterocycles. The average molecular weight is 416 g/mol. The van der Waals surface area contributed by atoms with E-state index in [-0.39, 0.29) is 42.0 Å². The summed E-state index contributed by atoms with van der Waals surface area (Å²) in [5, 5.41) is 14.9. The molecule has 1 aromatic carbocycles. The summed E-state index contributed by atoms with van der Waals surface area (Å²) in [5.74, 6) is -0.578. The van der Waals surface area contributed by atoms with Gasteiger partial charge in [0.05, 0.1) is 5.92 Å². The molecule has 1 aliphatic heterocycles. The second-order valence-corrected chi connectivity index (χ2v) is 8.67. The molecule has 3 amide bonds. The maximum absolute atomic E-state index is 12.5. The molecule has 0 saturated carbocycles. The van der Waals surface area contributed by atoms with Crippen molar-refractivity contribution in [3.8, 4) is 0 Å². The van der Waals surface area contributed by atoms with Gasteiger partial charge in [-0.25, -0.2) is 0 Å². The van der Waals surface area contributed by atoms with Gasteiger partial charge in [-0.15, -0.1) is 10.2 Å². The SMILES string of the molecule is CC(C)c1nnc(NC(=O)c2ccc(NC(=O)C3CC(=O)N(C(C)C)C3)cc2)s1. The summed E-state index contributed by atoms with van der Waals surface area (Å²) in [6, 6.07) is 6.70. The third-order valence-corrected chi connectivity index (χ3v) is 5.86. The first-order chi connectivity index (χ1) is 13.7. The van der Waals surface area contributed by atoms with E-state index in [4.69, 9.17) is 0 Å². The van der Waals surface area contributed by atoms with Crippen molar-refractivity contribution in [1.29, 1.82) is 0 Å². The third-order valence-electron chi connectivity index (χ3n) is 4.72. The number of rotatable bonds is 6. The van der Waals surface area contributed by atoms with E-state index < -0.39 is 0 Å². The fourth-order valence-electron chi connectivity index (χ4n) is 3.04. The number of likely N-dealkylation sites (tertiary alicyclic amines) is 1. The van der Waals surface area contributed by atoms with Crippen LogP contribution < -0.4 is 10.6 Å². The van der Waals surface area contributed by atoms with Crippen LogP contribution in [-0.4, -0.2) is 45.4 Å². The summed E-state index contributed by atoms with van der Waals surface area (Å²) in [6.45, 7) is 8.34. The number of benzene rings is 1. The molecule has 8 nitrogen and oxygen atoms in total. The topological polar surface area (TPSA) is 104 Å². The maximum atomic E-state index is 12.5. The third kappa shape index (κ3) is 4.97. The molecule has 1 atom stereocenters. The summed E-state index contributed by atoms with van der Waals surface area (Å²) >= 11 is 1.35. The summed E-state index contributed by atoms with van der Waals surface area (Å²) in [5.41, 5.74) is 1.03. The van der Waals surface area contributed by atoms with E-state index >= 15 is 0 Å². The molecule has 0 radical (unpaired) electrons. The Morgan fingerprint density at radius 3 is 2.34 bits per heavy atom. The lowest BCUT2D eigenvalue weighted by atomic mass is 10.1. The van der Waals surface area contributed by atoms with E-state index in [9.17, 15) is 14.4 Å². The number of nitrogens with zero attached hydrogens (tertiary/aromatic N) is 3. The van der Waals surface area contributed by atoms with E-state index in [0.717, 1.165) is 5.01 Å². The van der Waals surface area contributed by atoms with E-state index in [1.165, 1.54) is 11.3 Å². The van der Waals surface area contributed by atoms with Crippen molar-refractivity contribution in [2.75, 3.05) is 17.2 Å². The molecular formula is C20H25N5O3S. The van der Waals surface area contributed by atoms with Gasteiger partial charge in [0.2, 0.25) is 16.9 Å². The van der Waals surface area contributed by atoms with Crippen molar-refractivity contribution < 1.29 is 14.4 Å². The van der Waals surface area contributed by atoms with Gasteiger partial charge in [-0.05, 0) is 38.1 Å². The monoisotopic (exact) mass is 415 g/mol. The molecule has 2 N–H and O–H groups in total. The smallest absolute Gasteiger partial charge is 0.257 e. The van der Waals surface area contributed by atoms with Crippen molar-refractivity contribution in [3.63, 3.8) is 0 Å². The lowest BCUT2D eigenvalue weighted by molar-refractivity contribution is -0.129. The molecule has 1 fully saturated rings. The number of amides is 3. The second kappa shape index (κ2) is 8.69. The summed E-state index contributed by atoms with van der Waals surface area (Å²) in [4.78, 5) is 38.5. The highest BCUT2D eigenvalue weighted by Crippen LogP contribution is 2.24. The number of hydrogen-bond acceptors (Lipinski definition) is 6. The normalized spacial score (nSPS) is 16.6. The fourth-order valence-corrected chi connectivity index (χ4v) is 3.78. The van der Waals surface area contributed by atoms with Crippen LogP contribution in [0.4, 0.5) is 10.8 Å². The van der Waals surface area contributed by atoms with Gasteiger partial charge >= 0.3 is 0 Å². The van der Waals surface area contributed by atoms with Crippen LogP contribution in [0.2, 0.25) is 0 Å². The van der Waals surface area contributed by atoms with Crippen LogP contribution in [0.5, 0.6) is 0 Å². The minimum Gasteiger partial charge on any atom is -0.339 e. The average Bonchev–Trinajstić information content (AvgIpc) is 3.29. The van der Waals surface area contributed by atoms with E-state index in [0.29, 0.717) is 22.9 Å². The highest BCUT2D eigenvalue weighted by molar-refractivity contribution is 7.15. The van der Waals surface area contributed by atoms with Crippen LogP contribution in [0.1, 0.15) is 55.4 Å². The molecule has 29 heavy (non-hydrogen) atoms. The largest absolute Gasteiger partial charge is 0.339 e. The van der Waals surface area contributed by atoms with Gasteiger partial charge in [0, 0.05) is 36.2 Å². The van der Waals surface area contributed by atoms with Crippen molar-refractivity contribution >= 4 is 39.9 Å². The van der Waals surface area contributed by atoms with E-state index in [1.54, 1.807) is 29.2 Å². The molecule has 0 bridgehead atoms. The molecule has 154 valence electrons. The second-order valence-electron chi connectivity index (χ2n) is 7.66. The van der Waals surface area contributed by atoms with Crippen molar-refractivity contribution in [1.82, 2.24) is 15.1 Å². The highest BCUT2D eigenvalue weighted by atomic mass is 32.1. The van der Waals surface area contributed by atoms with Crippen molar-refractivity contribution in [3.05, 3.63) is 34.8 Å². The Morgan fingerprint density at radius 2 is 1.79 bits per heavy atom. The zero-order valence-corrected chi connectivity index (χ0v) is 17.7. The predicted molar refractivity (Wildman–Crippen MR) is 112 cm³/mol. The predicted octanol–water partition coefficient (Wildman–Crippen LogP) is 3.11. The Balaban J connectivity index is 1.57. The zero-order valence-electron chi connectivity index (χ0n) is 16.9. The van der Waals surface area contributed by atoms with Gasteiger partial charge in [-0.1, -0.05) is 25.2 Å². The van der Waals surface area contributed by atoms with E-state index in [2.05, 4.69) is 20.8 Å². The molecule has 0 spiro atoms. The number of anilines is 2. The fraction of sp³-hybridized carbons (Fsp3) is 0.450. The summed E-state index contributed by atoms with van der Waals surface area (Å²) in [6.07, 6.45) is 0.227. The Kier molecular flexibility index (Phi) is 6.26. The molecule has 2 aromatic rings. The van der Waals surface area contributed by atoms with Crippen LogP contribution in [0, 0.1) is 5.92 Å². The van der Waals surface area contributed by atoms with Crippen LogP contribution in [-0.2, 0) is 9.59 Å². The highest BCUT2D eigenvalue weighted by Gasteiger charge is 2.35. The Hall–Kier alpha value is -2.81. The molecule has 9 heteroatoms. The number of carbonyl (C=O) groups excluding carboxylic acids is 3. The number of carbonyl (C=O) groups is 3. The number of nitrogens with one attached hydrogen (secondary N) is 2. The number of hydrogen-bond donors (Lipinski definition) is 2. The van der Waals surface area contributed by atoms with Gasteiger partial charge < -0.3 is 10.2 Å². The summed E-state index contributed by atoms with van der Waals surface area (Å²) < 4.78 is 0. The minimum absolute atomic E-state index is 0.00414. The van der Waals surface area contributed by atoms with E-state index in [1.807, 2.05) is 27.7 Å². The van der Waals surface area contributed by atoms with Crippen LogP contribution >= 0.6 is 11.3 Å². The standard InChI is InChI=1S/C20H25N5O3S/c1-11(2)19-23-24-20(29-19)22-17(27)13-5-7-15(8-6-13)21-18(28)14-9-16(26)25(10-14)12(3)4/h5-8,11-12,14H,9-10H2,1-4H3,(H,21,28)(H,22,24,27). The summed E-state index contributed by atoms with van der Waals surface area (Å²) in [7, 11) is 0. The first kappa shape index (κ1) is 20.9. The lowest BCUT2D eigenvalue weighted by Gasteiger charge is -2.20. The lowest BCUT2D eigenvalue weighted by Crippen LogP contribution is -2.33. The molecule has 2 heterocycles. The molecular weight excluding hydrogens is 390 g/mol. The van der Waals surface area contributed by atoms with Crippen LogP contribution in [0.15, 0.2) is 24.3 Å². The van der Waals surface area contributed by atoms with Crippen LogP contribution in [0.3, 0.4) is 0 Å². The van der Waals surface area contributed by atoms with Gasteiger partial charge in [0.15, 0.2) is 0 Å². The van der Waals surface area contributed by atoms with Crippen molar-refractivity contribution in [2.45, 2.75) is 46.1 Å². The first-order valence-electron chi connectivity index (χ1n) is 9.59. The molecule has 1 aliphatic rings. The maximum Gasteiger partial charge on any atom is 0.257 e. The quantitative estimate of drug-likeness (QED) is 0.754. The molecule has 1 saturated heterocycles. The number of aromatic nitrogens is 2. The molecule has 0 aliphatic carbocycles. The Bertz CT molecular complexity index is 907. The van der Waals surface area contributed by atoms with Gasteiger partial charge in [-0.3, -0.25) is 19.7 Å². The van der Waals surface area contributed by atoms with Crippen LogP contribution in [0.25, 0.3) is 0 Å². The van der Waals surface area contributed by atoms with Gasteiger partial charge in [0.25, 0.3) is 5.91 Å². The molecule has 1 unspecified atom stereocenters. The zero-order chi connectivity index (χ0) is 21.1. The minimum atomic E-state index is -0.361. The van der Waals surface area contributed by atoms with Crippen molar-refractivity contribution in [2.24, 2.45) is 5.92 Å². The Labute approximate surface area is 173 Å². The molecule has 3 rings (SSSR count). The Morgan fingerprint density at radius 1 is 1.10 bits per heavy atom. The first-order valence-corrected chi connectivity index (χ1v) is 10.4.